The van der Waals surface area contributed by atoms with Crippen molar-refractivity contribution in [2.75, 3.05) is 23.4 Å². The van der Waals surface area contributed by atoms with E-state index in [4.69, 9.17) is 0 Å². The van der Waals surface area contributed by atoms with Crippen molar-refractivity contribution < 1.29 is 14.4 Å². The van der Waals surface area contributed by atoms with E-state index in [1.807, 2.05) is 51.2 Å². The fraction of sp³-hybridized carbons (Fsp3) is 0.227. The topological polar surface area (TPSA) is 69.7 Å². The number of rotatable bonds is 4. The Labute approximate surface area is 164 Å². The van der Waals surface area contributed by atoms with Crippen LogP contribution in [0.3, 0.4) is 0 Å². The van der Waals surface area contributed by atoms with Crippen molar-refractivity contribution in [3.8, 4) is 0 Å². The van der Waals surface area contributed by atoms with E-state index in [1.54, 1.807) is 12.1 Å². The first-order valence-corrected chi connectivity index (χ1v) is 9.11. The third kappa shape index (κ3) is 3.67. The average molecular weight is 377 g/mol. The Bertz CT molecular complexity index is 977. The zero-order valence-corrected chi connectivity index (χ0v) is 16.4. The smallest absolute Gasteiger partial charge is 0.335 e. The molecule has 3 rings (SSSR count). The zero-order valence-electron chi connectivity index (χ0n) is 16.4. The molecule has 0 aliphatic carbocycles. The number of anilines is 2. The number of nitrogens with one attached hydrogen (secondary N) is 1. The van der Waals surface area contributed by atoms with Crippen molar-refractivity contribution >= 4 is 35.3 Å². The number of hydrogen-bond acceptors (Lipinski definition) is 4. The summed E-state index contributed by atoms with van der Waals surface area (Å²) in [5.74, 6) is -1.32. The molecular weight excluding hydrogens is 354 g/mol. The number of barbiturate groups is 1. The van der Waals surface area contributed by atoms with Crippen molar-refractivity contribution in [2.45, 2.75) is 20.8 Å². The highest BCUT2D eigenvalue weighted by atomic mass is 16.2. The second kappa shape index (κ2) is 7.68. The van der Waals surface area contributed by atoms with E-state index in [0.717, 1.165) is 28.3 Å². The Balaban J connectivity index is 1.95. The summed E-state index contributed by atoms with van der Waals surface area (Å²) in [6.07, 6.45) is 1.51. The molecule has 2 aromatic carbocycles. The first-order chi connectivity index (χ1) is 13.3. The number of imide groups is 2. The Morgan fingerprint density at radius 1 is 1.00 bits per heavy atom. The fourth-order valence-corrected chi connectivity index (χ4v) is 2.93. The van der Waals surface area contributed by atoms with Crippen LogP contribution in [0.4, 0.5) is 16.2 Å². The lowest BCUT2D eigenvalue weighted by atomic mass is 10.0. The van der Waals surface area contributed by atoms with Gasteiger partial charge in [0.25, 0.3) is 11.8 Å². The number of benzene rings is 2. The summed E-state index contributed by atoms with van der Waals surface area (Å²) in [6.45, 7) is 6.78. The Hall–Kier alpha value is -3.41. The highest BCUT2D eigenvalue weighted by molar-refractivity contribution is 6.39. The van der Waals surface area contributed by atoms with Crippen LogP contribution in [0.5, 0.6) is 0 Å². The molecular formula is C22H23N3O3. The number of urea groups is 1. The number of aryl methyl sites for hydroxylation is 2. The van der Waals surface area contributed by atoms with Crippen LogP contribution in [0.15, 0.2) is 48.0 Å². The van der Waals surface area contributed by atoms with Gasteiger partial charge in [-0.1, -0.05) is 18.2 Å². The molecule has 144 valence electrons. The predicted molar refractivity (Wildman–Crippen MR) is 110 cm³/mol. The molecule has 1 fully saturated rings. The minimum atomic E-state index is -0.740. The first-order valence-electron chi connectivity index (χ1n) is 9.11. The summed E-state index contributed by atoms with van der Waals surface area (Å²) in [5, 5.41) is 2.25. The normalized spacial score (nSPS) is 15.8. The van der Waals surface area contributed by atoms with Crippen molar-refractivity contribution in [3.05, 3.63) is 64.7 Å². The maximum atomic E-state index is 12.9. The maximum Gasteiger partial charge on any atom is 0.335 e. The van der Waals surface area contributed by atoms with Gasteiger partial charge in [-0.3, -0.25) is 14.9 Å². The second-order valence-corrected chi connectivity index (χ2v) is 6.83. The summed E-state index contributed by atoms with van der Waals surface area (Å²) < 4.78 is 0. The number of carbonyl (C=O) groups excluding carboxylic acids is 3. The van der Waals surface area contributed by atoms with Crippen LogP contribution in [-0.2, 0) is 9.59 Å². The van der Waals surface area contributed by atoms with E-state index in [1.165, 1.54) is 6.08 Å². The van der Waals surface area contributed by atoms with Gasteiger partial charge in [-0.2, -0.15) is 0 Å². The van der Waals surface area contributed by atoms with Crippen LogP contribution in [0, 0.1) is 13.8 Å². The summed E-state index contributed by atoms with van der Waals surface area (Å²) in [6, 6.07) is 12.1. The van der Waals surface area contributed by atoms with Gasteiger partial charge in [0.05, 0.1) is 5.69 Å². The molecule has 1 saturated heterocycles. The van der Waals surface area contributed by atoms with Crippen molar-refractivity contribution in [3.63, 3.8) is 0 Å². The largest absolute Gasteiger partial charge is 0.375 e. The van der Waals surface area contributed by atoms with Crippen LogP contribution in [0.2, 0.25) is 0 Å². The third-order valence-electron chi connectivity index (χ3n) is 4.97. The molecule has 28 heavy (non-hydrogen) atoms. The van der Waals surface area contributed by atoms with Gasteiger partial charge < -0.3 is 4.90 Å². The molecule has 0 unspecified atom stereocenters. The van der Waals surface area contributed by atoms with Crippen LogP contribution in [0.1, 0.15) is 23.6 Å². The van der Waals surface area contributed by atoms with Gasteiger partial charge in [0.2, 0.25) is 0 Å². The van der Waals surface area contributed by atoms with Crippen molar-refractivity contribution in [2.24, 2.45) is 0 Å². The van der Waals surface area contributed by atoms with E-state index in [2.05, 4.69) is 17.1 Å². The minimum Gasteiger partial charge on any atom is -0.375 e. The van der Waals surface area contributed by atoms with E-state index in [-0.39, 0.29) is 5.57 Å². The Morgan fingerprint density at radius 3 is 2.29 bits per heavy atom. The number of carbonyl (C=O) groups is 3. The highest BCUT2D eigenvalue weighted by Crippen LogP contribution is 2.24. The molecule has 2 aromatic rings. The highest BCUT2D eigenvalue weighted by Gasteiger charge is 2.36. The molecule has 1 aliphatic heterocycles. The second-order valence-electron chi connectivity index (χ2n) is 6.83. The molecule has 0 aromatic heterocycles. The van der Waals surface area contributed by atoms with E-state index in [0.29, 0.717) is 11.3 Å². The van der Waals surface area contributed by atoms with E-state index in [9.17, 15) is 14.4 Å². The predicted octanol–water partition coefficient (Wildman–Crippen LogP) is 3.43. The molecule has 1 heterocycles. The van der Waals surface area contributed by atoms with Gasteiger partial charge in [0.15, 0.2) is 0 Å². The summed E-state index contributed by atoms with van der Waals surface area (Å²) in [7, 11) is 1.98. The SMILES string of the molecule is CCN(C)c1ccc(C=C2C(=O)NC(=O)N(c3ccc(C)c(C)c3)C2=O)cc1. The molecule has 1 N–H and O–H groups in total. The lowest BCUT2D eigenvalue weighted by Gasteiger charge is -2.27. The monoisotopic (exact) mass is 377 g/mol. The van der Waals surface area contributed by atoms with Gasteiger partial charge >= 0.3 is 6.03 Å². The zero-order chi connectivity index (χ0) is 20.4. The van der Waals surface area contributed by atoms with Gasteiger partial charge in [-0.05, 0) is 67.8 Å². The van der Waals surface area contributed by atoms with Crippen LogP contribution in [-0.4, -0.2) is 31.4 Å². The van der Waals surface area contributed by atoms with E-state index < -0.39 is 17.8 Å². The quantitative estimate of drug-likeness (QED) is 0.655. The Morgan fingerprint density at radius 2 is 1.68 bits per heavy atom. The lowest BCUT2D eigenvalue weighted by molar-refractivity contribution is -0.122. The number of hydrogen-bond donors (Lipinski definition) is 1. The molecule has 4 amide bonds. The number of amides is 4. The van der Waals surface area contributed by atoms with Crippen molar-refractivity contribution in [1.82, 2.24) is 5.32 Å². The molecule has 0 atom stereocenters. The average Bonchev–Trinajstić information content (AvgIpc) is 2.67. The molecule has 0 saturated carbocycles. The van der Waals surface area contributed by atoms with Crippen LogP contribution < -0.4 is 15.1 Å². The standard InChI is InChI=1S/C22H23N3O3/c1-5-24(4)17-10-7-16(8-11-17)13-19-20(26)23-22(28)25(21(19)27)18-9-6-14(2)15(3)12-18/h6-13H,5H2,1-4H3,(H,23,26,28). The van der Waals surface area contributed by atoms with E-state index >= 15 is 0 Å². The molecule has 0 spiro atoms. The lowest BCUT2D eigenvalue weighted by Crippen LogP contribution is -2.54. The minimum absolute atomic E-state index is 0.0746. The maximum absolute atomic E-state index is 12.9. The Kier molecular flexibility index (Phi) is 5.31. The van der Waals surface area contributed by atoms with Crippen molar-refractivity contribution in [1.29, 1.82) is 0 Å². The molecule has 6 nitrogen and oxygen atoms in total. The summed E-state index contributed by atoms with van der Waals surface area (Å²) in [4.78, 5) is 40.6. The van der Waals surface area contributed by atoms with Gasteiger partial charge in [0.1, 0.15) is 5.57 Å². The third-order valence-corrected chi connectivity index (χ3v) is 4.97. The molecule has 0 bridgehead atoms. The van der Waals surface area contributed by atoms with Crippen LogP contribution >= 0.6 is 0 Å². The van der Waals surface area contributed by atoms with Crippen LogP contribution in [0.25, 0.3) is 6.08 Å². The van der Waals surface area contributed by atoms with Gasteiger partial charge in [-0.15, -0.1) is 0 Å². The summed E-state index contributed by atoms with van der Waals surface area (Å²) >= 11 is 0. The summed E-state index contributed by atoms with van der Waals surface area (Å²) in [5.41, 5.74) is 4.12. The fourth-order valence-electron chi connectivity index (χ4n) is 2.93. The van der Waals surface area contributed by atoms with Gasteiger partial charge in [-0.25, -0.2) is 9.69 Å². The molecule has 6 heteroatoms. The molecule has 0 radical (unpaired) electrons. The molecule has 1 aliphatic rings. The number of nitrogens with zero attached hydrogens (tertiary/aromatic N) is 2. The first kappa shape index (κ1) is 19.4. The van der Waals surface area contributed by atoms with Gasteiger partial charge in [0, 0.05) is 19.3 Å².